The minimum absolute atomic E-state index is 0.0214. The minimum atomic E-state index is -3.94. The molecule has 0 saturated carbocycles. The van der Waals surface area contributed by atoms with Gasteiger partial charge in [-0.3, -0.25) is 9.10 Å². The highest BCUT2D eigenvalue weighted by Crippen LogP contribution is 2.25. The van der Waals surface area contributed by atoms with E-state index in [2.05, 4.69) is 5.32 Å². The second kappa shape index (κ2) is 10.8. The molecule has 0 aliphatic rings. The summed E-state index contributed by atoms with van der Waals surface area (Å²) < 4.78 is 37.4. The lowest BCUT2D eigenvalue weighted by molar-refractivity contribution is -0.124. The zero-order valence-electron chi connectivity index (χ0n) is 19.1. The molecule has 0 aliphatic heterocycles. The quantitative estimate of drug-likeness (QED) is 0.468. The third-order valence-electron chi connectivity index (χ3n) is 5.18. The smallest absolute Gasteiger partial charge is 0.338 e. The molecular formula is C25H26N2O6S. The van der Waals surface area contributed by atoms with E-state index < -0.39 is 28.5 Å². The average Bonchev–Trinajstić information content (AvgIpc) is 2.87. The Morgan fingerprint density at radius 3 is 2.29 bits per heavy atom. The lowest BCUT2D eigenvalue weighted by atomic mass is 10.1. The van der Waals surface area contributed by atoms with Gasteiger partial charge in [0.15, 0.2) is 6.61 Å². The molecule has 8 nitrogen and oxygen atoms in total. The second-order valence-corrected chi connectivity index (χ2v) is 9.44. The van der Waals surface area contributed by atoms with Crippen LogP contribution in [0.2, 0.25) is 0 Å². The van der Waals surface area contributed by atoms with Gasteiger partial charge in [-0.15, -0.1) is 0 Å². The van der Waals surface area contributed by atoms with Crippen molar-refractivity contribution in [3.8, 4) is 5.75 Å². The van der Waals surface area contributed by atoms with Crippen molar-refractivity contribution in [2.75, 3.05) is 25.1 Å². The van der Waals surface area contributed by atoms with E-state index in [-0.39, 0.29) is 16.5 Å². The van der Waals surface area contributed by atoms with Crippen LogP contribution in [0.4, 0.5) is 5.69 Å². The first-order valence-electron chi connectivity index (χ1n) is 10.5. The number of rotatable bonds is 9. The number of methoxy groups -OCH3 is 1. The van der Waals surface area contributed by atoms with Crippen LogP contribution in [0, 0.1) is 0 Å². The number of carbonyl (C=O) groups is 2. The standard InChI is InChI=1S/C25H26N2O6S/c1-18(19-8-5-4-6-9-19)26-24(28)17-33-25(29)20-10-7-11-23(16-20)34(30,31)27(2)21-12-14-22(32-3)15-13-21/h4-16,18H,17H2,1-3H3,(H,26,28)/t18-/m1/s1. The van der Waals surface area contributed by atoms with Crippen molar-refractivity contribution in [1.82, 2.24) is 5.32 Å². The van der Waals surface area contributed by atoms with Crippen LogP contribution in [0.5, 0.6) is 5.75 Å². The maximum absolute atomic E-state index is 13.1. The predicted molar refractivity (Wildman–Crippen MR) is 128 cm³/mol. The van der Waals surface area contributed by atoms with Gasteiger partial charge in [0.1, 0.15) is 5.75 Å². The van der Waals surface area contributed by atoms with Gasteiger partial charge in [0.05, 0.1) is 29.3 Å². The third-order valence-corrected chi connectivity index (χ3v) is 6.96. The number of anilines is 1. The van der Waals surface area contributed by atoms with Gasteiger partial charge in [0.25, 0.3) is 15.9 Å². The fourth-order valence-corrected chi connectivity index (χ4v) is 4.44. The summed E-state index contributed by atoms with van der Waals surface area (Å²) in [5.41, 5.74) is 1.37. The summed E-state index contributed by atoms with van der Waals surface area (Å²) >= 11 is 0. The Hall–Kier alpha value is -3.85. The Labute approximate surface area is 199 Å². The van der Waals surface area contributed by atoms with E-state index in [4.69, 9.17) is 9.47 Å². The number of carbonyl (C=O) groups excluding carboxylic acids is 2. The van der Waals surface area contributed by atoms with Crippen molar-refractivity contribution in [3.63, 3.8) is 0 Å². The van der Waals surface area contributed by atoms with Crippen molar-refractivity contribution >= 4 is 27.6 Å². The number of hydrogen-bond donors (Lipinski definition) is 1. The molecule has 178 valence electrons. The summed E-state index contributed by atoms with van der Waals surface area (Å²) in [6.07, 6.45) is 0. The molecule has 0 aromatic heterocycles. The number of benzene rings is 3. The maximum Gasteiger partial charge on any atom is 0.338 e. The Morgan fingerprint density at radius 2 is 1.65 bits per heavy atom. The number of nitrogens with one attached hydrogen (secondary N) is 1. The zero-order valence-corrected chi connectivity index (χ0v) is 19.9. The number of sulfonamides is 1. The first-order valence-corrected chi connectivity index (χ1v) is 11.9. The van der Waals surface area contributed by atoms with E-state index in [1.807, 2.05) is 37.3 Å². The lowest BCUT2D eigenvalue weighted by Gasteiger charge is -2.20. The molecule has 1 atom stereocenters. The third kappa shape index (κ3) is 5.93. The van der Waals surface area contributed by atoms with E-state index in [1.54, 1.807) is 24.3 Å². The number of amides is 1. The first-order chi connectivity index (χ1) is 16.2. The van der Waals surface area contributed by atoms with E-state index >= 15 is 0 Å². The molecule has 0 unspecified atom stereocenters. The molecule has 0 bridgehead atoms. The van der Waals surface area contributed by atoms with Crippen LogP contribution < -0.4 is 14.4 Å². The molecule has 0 radical (unpaired) electrons. The topological polar surface area (TPSA) is 102 Å². The molecule has 3 aromatic carbocycles. The highest BCUT2D eigenvalue weighted by Gasteiger charge is 2.23. The van der Waals surface area contributed by atoms with Gasteiger partial charge in [-0.2, -0.15) is 0 Å². The normalized spacial score (nSPS) is 11.9. The highest BCUT2D eigenvalue weighted by atomic mass is 32.2. The van der Waals surface area contributed by atoms with Gasteiger partial charge >= 0.3 is 5.97 Å². The van der Waals surface area contributed by atoms with Crippen LogP contribution in [-0.4, -0.2) is 41.1 Å². The Kier molecular flexibility index (Phi) is 7.91. The van der Waals surface area contributed by atoms with E-state index in [0.29, 0.717) is 11.4 Å². The first kappa shape index (κ1) is 24.8. The summed E-state index contributed by atoms with van der Waals surface area (Å²) in [4.78, 5) is 24.6. The van der Waals surface area contributed by atoms with E-state index in [1.165, 1.54) is 38.4 Å². The van der Waals surface area contributed by atoms with E-state index in [9.17, 15) is 18.0 Å². The number of ether oxygens (including phenoxy) is 2. The van der Waals surface area contributed by atoms with Crippen molar-refractivity contribution < 1.29 is 27.5 Å². The molecule has 0 heterocycles. The number of hydrogen-bond acceptors (Lipinski definition) is 6. The minimum Gasteiger partial charge on any atom is -0.497 e. The molecular weight excluding hydrogens is 456 g/mol. The Morgan fingerprint density at radius 1 is 0.971 bits per heavy atom. The van der Waals surface area contributed by atoms with Crippen molar-refractivity contribution in [1.29, 1.82) is 0 Å². The molecule has 9 heteroatoms. The zero-order chi connectivity index (χ0) is 24.7. The van der Waals surface area contributed by atoms with Gasteiger partial charge in [0.2, 0.25) is 0 Å². The van der Waals surface area contributed by atoms with Gasteiger partial charge in [-0.25, -0.2) is 13.2 Å². The molecule has 0 spiro atoms. The summed E-state index contributed by atoms with van der Waals surface area (Å²) in [6, 6.07) is 21.1. The van der Waals surface area contributed by atoms with Crippen LogP contribution in [-0.2, 0) is 19.6 Å². The molecule has 3 aromatic rings. The molecule has 34 heavy (non-hydrogen) atoms. The molecule has 0 fully saturated rings. The number of nitrogens with zero attached hydrogens (tertiary/aromatic N) is 1. The second-order valence-electron chi connectivity index (χ2n) is 7.47. The summed E-state index contributed by atoms with van der Waals surface area (Å²) in [7, 11) is -1.00. The van der Waals surface area contributed by atoms with Crippen molar-refractivity contribution in [3.05, 3.63) is 90.0 Å². The van der Waals surface area contributed by atoms with E-state index in [0.717, 1.165) is 9.87 Å². The average molecular weight is 483 g/mol. The Balaban J connectivity index is 1.65. The summed E-state index contributed by atoms with van der Waals surface area (Å²) in [5, 5.41) is 2.75. The summed E-state index contributed by atoms with van der Waals surface area (Å²) in [6.45, 7) is 1.33. The van der Waals surface area contributed by atoms with Crippen LogP contribution in [0.3, 0.4) is 0 Å². The van der Waals surface area contributed by atoms with Crippen LogP contribution in [0.15, 0.2) is 83.8 Å². The van der Waals surface area contributed by atoms with Gasteiger partial charge in [-0.1, -0.05) is 36.4 Å². The molecule has 1 N–H and O–H groups in total. The molecule has 0 aliphatic carbocycles. The van der Waals surface area contributed by atoms with Gasteiger partial charge in [0, 0.05) is 7.05 Å². The fraction of sp³-hybridized carbons (Fsp3) is 0.200. The SMILES string of the molecule is COc1ccc(N(C)S(=O)(=O)c2cccc(C(=O)OCC(=O)N[C@H](C)c3ccccc3)c2)cc1. The monoisotopic (exact) mass is 482 g/mol. The number of esters is 1. The fourth-order valence-electron chi connectivity index (χ4n) is 3.20. The maximum atomic E-state index is 13.1. The van der Waals surface area contributed by atoms with Gasteiger partial charge < -0.3 is 14.8 Å². The molecule has 3 rings (SSSR count). The van der Waals surface area contributed by atoms with Gasteiger partial charge in [-0.05, 0) is 55.0 Å². The van der Waals surface area contributed by atoms with Crippen molar-refractivity contribution in [2.45, 2.75) is 17.9 Å². The lowest BCUT2D eigenvalue weighted by Crippen LogP contribution is -2.31. The van der Waals surface area contributed by atoms with Crippen LogP contribution in [0.25, 0.3) is 0 Å². The summed E-state index contributed by atoms with van der Waals surface area (Å²) in [5.74, 6) is -0.666. The molecule has 0 saturated heterocycles. The van der Waals surface area contributed by atoms with Crippen LogP contribution in [0.1, 0.15) is 28.9 Å². The van der Waals surface area contributed by atoms with Crippen molar-refractivity contribution in [2.24, 2.45) is 0 Å². The largest absolute Gasteiger partial charge is 0.497 e. The van der Waals surface area contributed by atoms with Crippen LogP contribution >= 0.6 is 0 Å². The highest BCUT2D eigenvalue weighted by molar-refractivity contribution is 7.92. The predicted octanol–water partition coefficient (Wildman–Crippen LogP) is 3.55. The Bertz CT molecular complexity index is 1240. The molecule has 1 amide bonds.